The summed E-state index contributed by atoms with van der Waals surface area (Å²) in [6.45, 7) is 1.83. The first-order valence-corrected chi connectivity index (χ1v) is 7.47. The third-order valence-corrected chi connectivity index (χ3v) is 3.02. The molecule has 1 aromatic rings. The average Bonchev–Trinajstić information content (AvgIpc) is 2.51. The molecule has 9 heteroatoms. The van der Waals surface area contributed by atoms with Crippen LogP contribution < -0.4 is 10.6 Å². The highest BCUT2D eigenvalue weighted by Gasteiger charge is 2.18. The minimum atomic E-state index is -1.25. The highest BCUT2D eigenvalue weighted by Crippen LogP contribution is 2.17. The molecule has 0 bridgehead atoms. The van der Waals surface area contributed by atoms with Gasteiger partial charge in [0.2, 0.25) is 5.91 Å². The maximum Gasteiger partial charge on any atom is 0.343 e. The second kappa shape index (κ2) is 8.42. The van der Waals surface area contributed by atoms with E-state index in [0.717, 1.165) is 0 Å². The van der Waals surface area contributed by atoms with Crippen LogP contribution in [0.1, 0.15) is 17.3 Å². The van der Waals surface area contributed by atoms with Gasteiger partial charge in [0.15, 0.2) is 5.16 Å². The highest BCUT2D eigenvalue weighted by molar-refractivity contribution is 7.98. The van der Waals surface area contributed by atoms with E-state index >= 15 is 0 Å². The Hall–Kier alpha value is -1.87. The van der Waals surface area contributed by atoms with Crippen LogP contribution >= 0.6 is 11.8 Å². The second-order valence-electron chi connectivity index (χ2n) is 3.85. The number of aromatic nitrogens is 2. The molecule has 0 saturated carbocycles. The van der Waals surface area contributed by atoms with Crippen LogP contribution in [0.5, 0.6) is 0 Å². The van der Waals surface area contributed by atoms with Crippen molar-refractivity contribution < 1.29 is 19.4 Å². The molecule has 1 unspecified atom stereocenters. The van der Waals surface area contributed by atoms with E-state index in [-0.39, 0.29) is 24.5 Å². The predicted molar refractivity (Wildman–Crippen MR) is 78.3 cm³/mol. The number of esters is 1. The normalized spacial score (nSPS) is 11.6. The van der Waals surface area contributed by atoms with Gasteiger partial charge < -0.3 is 20.5 Å². The summed E-state index contributed by atoms with van der Waals surface area (Å²) in [7, 11) is 1.42. The standard InChI is InChI=1S/C12H18N4O4S/c1-4-20-11(19)7-5-15-12(21-3)16-9(7)14-6-8(17)10(18)13-2/h5,8,17H,4,6H2,1-3H3,(H,13,18)(H,14,15,16). The van der Waals surface area contributed by atoms with Crippen LogP contribution in [0.15, 0.2) is 11.4 Å². The summed E-state index contributed by atoms with van der Waals surface area (Å²) in [5.74, 6) is -0.878. The second-order valence-corrected chi connectivity index (χ2v) is 4.62. The van der Waals surface area contributed by atoms with Crippen molar-refractivity contribution in [2.75, 3.05) is 31.8 Å². The first kappa shape index (κ1) is 17.2. The average molecular weight is 314 g/mol. The maximum absolute atomic E-state index is 11.8. The van der Waals surface area contributed by atoms with Crippen LogP contribution in [0.3, 0.4) is 0 Å². The van der Waals surface area contributed by atoms with Crippen LogP contribution in [0.25, 0.3) is 0 Å². The Morgan fingerprint density at radius 3 is 2.81 bits per heavy atom. The number of thioether (sulfide) groups is 1. The van der Waals surface area contributed by atoms with E-state index in [1.54, 1.807) is 13.2 Å². The van der Waals surface area contributed by atoms with Crippen molar-refractivity contribution in [2.24, 2.45) is 0 Å². The lowest BCUT2D eigenvalue weighted by Gasteiger charge is -2.13. The number of nitrogens with one attached hydrogen (secondary N) is 2. The minimum absolute atomic E-state index is 0.0864. The van der Waals surface area contributed by atoms with E-state index in [1.165, 1.54) is 25.0 Å². The molecule has 0 aliphatic carbocycles. The van der Waals surface area contributed by atoms with Gasteiger partial charge in [-0.3, -0.25) is 4.79 Å². The zero-order valence-corrected chi connectivity index (χ0v) is 12.9. The van der Waals surface area contributed by atoms with Gasteiger partial charge in [0.05, 0.1) is 13.2 Å². The van der Waals surface area contributed by atoms with Gasteiger partial charge >= 0.3 is 5.97 Å². The van der Waals surface area contributed by atoms with E-state index in [0.29, 0.717) is 5.16 Å². The number of likely N-dealkylation sites (N-methyl/N-ethyl adjacent to an activating group) is 1. The number of carbonyl (C=O) groups is 2. The van der Waals surface area contributed by atoms with Crippen LogP contribution in [0.4, 0.5) is 5.82 Å². The first-order chi connectivity index (χ1) is 10.0. The Bertz CT molecular complexity index is 512. The van der Waals surface area contributed by atoms with Crippen molar-refractivity contribution >= 4 is 29.5 Å². The van der Waals surface area contributed by atoms with Gasteiger partial charge in [-0.25, -0.2) is 14.8 Å². The fraction of sp³-hybridized carbons (Fsp3) is 0.500. The lowest BCUT2D eigenvalue weighted by molar-refractivity contribution is -0.128. The third kappa shape index (κ3) is 4.87. The van der Waals surface area contributed by atoms with E-state index in [4.69, 9.17) is 4.74 Å². The minimum Gasteiger partial charge on any atom is -0.462 e. The number of amides is 1. The molecule has 116 valence electrons. The summed E-state index contributed by atoms with van der Waals surface area (Å²) in [5.41, 5.74) is 0.152. The third-order valence-electron chi connectivity index (χ3n) is 2.46. The summed E-state index contributed by atoms with van der Waals surface area (Å²) in [4.78, 5) is 31.2. The van der Waals surface area contributed by atoms with Gasteiger partial charge in [0.1, 0.15) is 17.5 Å². The van der Waals surface area contributed by atoms with Crippen LogP contribution in [-0.4, -0.2) is 59.5 Å². The molecular formula is C12H18N4O4S. The fourth-order valence-electron chi connectivity index (χ4n) is 1.41. The summed E-state index contributed by atoms with van der Waals surface area (Å²) in [6.07, 6.45) is 1.89. The predicted octanol–water partition coefficient (Wildman–Crippen LogP) is -0.106. The molecule has 1 amide bonds. The smallest absolute Gasteiger partial charge is 0.343 e. The Morgan fingerprint density at radius 2 is 2.24 bits per heavy atom. The van der Waals surface area contributed by atoms with Crippen molar-refractivity contribution in [3.8, 4) is 0 Å². The van der Waals surface area contributed by atoms with Gasteiger partial charge in [0, 0.05) is 13.2 Å². The van der Waals surface area contributed by atoms with E-state index < -0.39 is 18.0 Å². The van der Waals surface area contributed by atoms with Crippen molar-refractivity contribution in [1.29, 1.82) is 0 Å². The van der Waals surface area contributed by atoms with Crippen molar-refractivity contribution in [1.82, 2.24) is 15.3 Å². The van der Waals surface area contributed by atoms with Crippen molar-refractivity contribution in [2.45, 2.75) is 18.2 Å². The number of carbonyl (C=O) groups excluding carboxylic acids is 2. The molecule has 0 radical (unpaired) electrons. The zero-order chi connectivity index (χ0) is 15.8. The molecule has 3 N–H and O–H groups in total. The number of hydrogen-bond donors (Lipinski definition) is 3. The first-order valence-electron chi connectivity index (χ1n) is 6.25. The van der Waals surface area contributed by atoms with E-state index in [2.05, 4.69) is 20.6 Å². The number of aliphatic hydroxyl groups excluding tert-OH is 1. The molecule has 0 fully saturated rings. The molecule has 1 rings (SSSR count). The summed E-state index contributed by atoms with van der Waals surface area (Å²) in [5, 5.41) is 15.1. The maximum atomic E-state index is 11.8. The molecular weight excluding hydrogens is 296 g/mol. The van der Waals surface area contributed by atoms with E-state index in [9.17, 15) is 14.7 Å². The largest absolute Gasteiger partial charge is 0.462 e. The molecule has 1 atom stereocenters. The van der Waals surface area contributed by atoms with Crippen LogP contribution in [-0.2, 0) is 9.53 Å². The summed E-state index contributed by atoms with van der Waals surface area (Å²) >= 11 is 1.31. The van der Waals surface area contributed by atoms with Gasteiger partial charge in [-0.2, -0.15) is 0 Å². The SMILES string of the molecule is CCOC(=O)c1cnc(SC)nc1NCC(O)C(=O)NC. The molecule has 1 aromatic heterocycles. The highest BCUT2D eigenvalue weighted by atomic mass is 32.2. The molecule has 21 heavy (non-hydrogen) atoms. The fourth-order valence-corrected chi connectivity index (χ4v) is 1.75. The number of hydrogen-bond acceptors (Lipinski definition) is 8. The Kier molecular flexibility index (Phi) is 6.89. The Labute approximate surface area is 126 Å². The molecule has 0 aliphatic rings. The number of nitrogens with zero attached hydrogens (tertiary/aromatic N) is 2. The van der Waals surface area contributed by atoms with Crippen LogP contribution in [0, 0.1) is 0 Å². The summed E-state index contributed by atoms with van der Waals surface area (Å²) < 4.78 is 4.91. The van der Waals surface area contributed by atoms with E-state index in [1.807, 2.05) is 0 Å². The van der Waals surface area contributed by atoms with Gasteiger partial charge in [0.25, 0.3) is 0 Å². The monoisotopic (exact) mass is 314 g/mol. The number of anilines is 1. The number of ether oxygens (including phenoxy) is 1. The van der Waals surface area contributed by atoms with Crippen molar-refractivity contribution in [3.05, 3.63) is 11.8 Å². The summed E-state index contributed by atoms with van der Waals surface area (Å²) in [6, 6.07) is 0. The number of rotatable bonds is 7. The van der Waals surface area contributed by atoms with Crippen LogP contribution in [0.2, 0.25) is 0 Å². The quantitative estimate of drug-likeness (QED) is 0.363. The number of aliphatic hydroxyl groups is 1. The molecule has 0 aliphatic heterocycles. The van der Waals surface area contributed by atoms with Crippen molar-refractivity contribution in [3.63, 3.8) is 0 Å². The molecule has 8 nitrogen and oxygen atoms in total. The molecule has 0 saturated heterocycles. The zero-order valence-electron chi connectivity index (χ0n) is 12.0. The molecule has 0 spiro atoms. The molecule has 1 heterocycles. The Balaban J connectivity index is 2.91. The lowest BCUT2D eigenvalue weighted by atomic mass is 10.3. The molecule has 0 aromatic carbocycles. The van der Waals surface area contributed by atoms with Gasteiger partial charge in [-0.1, -0.05) is 11.8 Å². The topological polar surface area (TPSA) is 113 Å². The lowest BCUT2D eigenvalue weighted by Crippen LogP contribution is -2.37. The Morgan fingerprint density at radius 1 is 1.52 bits per heavy atom. The van der Waals surface area contributed by atoms with Gasteiger partial charge in [-0.05, 0) is 13.2 Å². The van der Waals surface area contributed by atoms with Gasteiger partial charge in [-0.15, -0.1) is 0 Å².